The Balaban J connectivity index is 2.85. The van der Waals surface area contributed by atoms with Crippen LogP contribution in [0.3, 0.4) is 0 Å². The van der Waals surface area contributed by atoms with Gasteiger partial charge in [0.05, 0.1) is 0 Å². The topological polar surface area (TPSA) is 45.4 Å². The summed E-state index contributed by atoms with van der Waals surface area (Å²) >= 11 is 5.46. The SMILES string of the molecule is OCC(O)(Cl)n1cccc1. The predicted molar refractivity (Wildman–Crippen MR) is 37.6 cm³/mol. The third-order valence-electron chi connectivity index (χ3n) is 1.20. The molecule has 0 saturated heterocycles. The van der Waals surface area contributed by atoms with E-state index in [-0.39, 0.29) is 0 Å². The largest absolute Gasteiger partial charge is 0.390 e. The third-order valence-corrected chi connectivity index (χ3v) is 1.52. The van der Waals surface area contributed by atoms with E-state index >= 15 is 0 Å². The summed E-state index contributed by atoms with van der Waals surface area (Å²) in [4.78, 5) is 0. The van der Waals surface area contributed by atoms with Crippen molar-refractivity contribution in [2.24, 2.45) is 0 Å². The molecule has 3 nitrogen and oxygen atoms in total. The Labute approximate surface area is 63.5 Å². The first-order valence-electron chi connectivity index (χ1n) is 2.82. The average molecular weight is 162 g/mol. The molecule has 0 bridgehead atoms. The van der Waals surface area contributed by atoms with Crippen molar-refractivity contribution in [3.8, 4) is 0 Å². The smallest absolute Gasteiger partial charge is 0.244 e. The van der Waals surface area contributed by atoms with Gasteiger partial charge in [-0.05, 0) is 12.1 Å². The molecule has 0 fully saturated rings. The van der Waals surface area contributed by atoms with Gasteiger partial charge in [0.25, 0.3) is 0 Å². The lowest BCUT2D eigenvalue weighted by atomic mass is 10.6. The van der Waals surface area contributed by atoms with Crippen LogP contribution >= 0.6 is 11.6 Å². The van der Waals surface area contributed by atoms with Crippen LogP contribution in [-0.4, -0.2) is 21.4 Å². The van der Waals surface area contributed by atoms with Crippen molar-refractivity contribution in [3.63, 3.8) is 0 Å². The molecule has 0 amide bonds. The summed E-state index contributed by atoms with van der Waals surface area (Å²) in [6.45, 7) is -0.511. The highest BCUT2D eigenvalue weighted by Gasteiger charge is 2.22. The van der Waals surface area contributed by atoms with E-state index in [1.807, 2.05) is 0 Å². The number of hydrogen-bond donors (Lipinski definition) is 2. The molecule has 2 N–H and O–H groups in total. The van der Waals surface area contributed by atoms with Gasteiger partial charge in [-0.1, -0.05) is 11.6 Å². The first-order chi connectivity index (χ1) is 4.67. The summed E-state index contributed by atoms with van der Waals surface area (Å²) in [6, 6.07) is 3.42. The van der Waals surface area contributed by atoms with E-state index in [1.165, 1.54) is 4.57 Å². The minimum atomic E-state index is -1.69. The van der Waals surface area contributed by atoms with E-state index in [4.69, 9.17) is 21.8 Å². The van der Waals surface area contributed by atoms with Gasteiger partial charge in [0, 0.05) is 12.4 Å². The Morgan fingerprint density at radius 2 is 1.90 bits per heavy atom. The van der Waals surface area contributed by atoms with Crippen molar-refractivity contribution < 1.29 is 10.2 Å². The van der Waals surface area contributed by atoms with Crippen LogP contribution in [0.1, 0.15) is 0 Å². The molecule has 1 aromatic rings. The zero-order chi connectivity index (χ0) is 7.61. The molecular formula is C6H8ClNO2. The van der Waals surface area contributed by atoms with Crippen LogP contribution in [-0.2, 0) is 5.18 Å². The minimum absolute atomic E-state index is 0.511. The highest BCUT2D eigenvalue weighted by Crippen LogP contribution is 2.16. The molecule has 4 heteroatoms. The summed E-state index contributed by atoms with van der Waals surface area (Å²) in [6.07, 6.45) is 3.15. The number of aliphatic hydroxyl groups excluding tert-OH is 1. The monoisotopic (exact) mass is 161 g/mol. The fourth-order valence-corrected chi connectivity index (χ4v) is 0.757. The van der Waals surface area contributed by atoms with Gasteiger partial charge in [-0.25, -0.2) is 0 Å². The van der Waals surface area contributed by atoms with E-state index in [1.54, 1.807) is 24.5 Å². The van der Waals surface area contributed by atoms with Crippen LogP contribution in [0.5, 0.6) is 0 Å². The summed E-state index contributed by atoms with van der Waals surface area (Å²) in [5.74, 6) is 0. The Bertz CT molecular complexity index is 196. The van der Waals surface area contributed by atoms with Crippen LogP contribution in [0.25, 0.3) is 0 Å². The standard InChI is InChI=1S/C6H8ClNO2/c7-6(10,5-9)8-3-1-2-4-8/h1-4,9-10H,5H2. The second kappa shape index (κ2) is 2.62. The molecule has 1 atom stereocenters. The summed E-state index contributed by atoms with van der Waals surface area (Å²) in [7, 11) is 0. The molecule has 0 aromatic carbocycles. The number of nitrogens with zero attached hydrogens (tertiary/aromatic N) is 1. The maximum atomic E-state index is 9.16. The lowest BCUT2D eigenvalue weighted by molar-refractivity contribution is -0.00413. The van der Waals surface area contributed by atoms with Crippen molar-refractivity contribution in [2.45, 2.75) is 5.18 Å². The molecule has 0 aliphatic heterocycles. The quantitative estimate of drug-likeness (QED) is 0.614. The summed E-state index contributed by atoms with van der Waals surface area (Å²) in [5.41, 5.74) is 0. The Hall–Kier alpha value is -0.510. The first kappa shape index (κ1) is 7.60. The number of halogens is 1. The van der Waals surface area contributed by atoms with E-state index < -0.39 is 11.8 Å². The highest BCUT2D eigenvalue weighted by atomic mass is 35.5. The summed E-state index contributed by atoms with van der Waals surface area (Å²) in [5, 5.41) is 16.0. The number of aromatic nitrogens is 1. The van der Waals surface area contributed by atoms with E-state index in [0.717, 1.165) is 0 Å². The Kier molecular flexibility index (Phi) is 1.99. The van der Waals surface area contributed by atoms with Crippen LogP contribution in [0.2, 0.25) is 0 Å². The molecular weight excluding hydrogens is 154 g/mol. The van der Waals surface area contributed by atoms with Gasteiger partial charge in [-0.15, -0.1) is 0 Å². The van der Waals surface area contributed by atoms with E-state index in [2.05, 4.69) is 0 Å². The number of hydrogen-bond acceptors (Lipinski definition) is 2. The van der Waals surface area contributed by atoms with Gasteiger partial charge < -0.3 is 14.8 Å². The highest BCUT2D eigenvalue weighted by molar-refractivity contribution is 6.20. The van der Waals surface area contributed by atoms with Gasteiger partial charge in [-0.3, -0.25) is 0 Å². The van der Waals surface area contributed by atoms with E-state index in [9.17, 15) is 0 Å². The fraction of sp³-hybridized carbons (Fsp3) is 0.333. The maximum absolute atomic E-state index is 9.16. The Morgan fingerprint density at radius 3 is 2.30 bits per heavy atom. The molecule has 1 rings (SSSR count). The van der Waals surface area contributed by atoms with Crippen molar-refractivity contribution >= 4 is 11.6 Å². The van der Waals surface area contributed by atoms with E-state index in [0.29, 0.717) is 0 Å². The minimum Gasteiger partial charge on any atom is -0.390 e. The van der Waals surface area contributed by atoms with Gasteiger partial charge in [0.15, 0.2) is 0 Å². The molecule has 1 unspecified atom stereocenters. The van der Waals surface area contributed by atoms with Crippen molar-refractivity contribution in [2.75, 3.05) is 6.61 Å². The molecule has 1 heterocycles. The summed E-state index contributed by atoms with van der Waals surface area (Å²) < 4.78 is 1.31. The second-order valence-electron chi connectivity index (χ2n) is 1.97. The molecule has 0 aliphatic rings. The zero-order valence-corrected chi connectivity index (χ0v) is 5.99. The molecule has 10 heavy (non-hydrogen) atoms. The van der Waals surface area contributed by atoms with Crippen LogP contribution in [0, 0.1) is 0 Å². The van der Waals surface area contributed by atoms with Gasteiger partial charge in [0.1, 0.15) is 6.61 Å². The molecule has 0 radical (unpaired) electrons. The lowest BCUT2D eigenvalue weighted by Gasteiger charge is -2.18. The lowest BCUT2D eigenvalue weighted by Crippen LogP contribution is -2.29. The van der Waals surface area contributed by atoms with Crippen molar-refractivity contribution in [3.05, 3.63) is 24.5 Å². The molecule has 1 aromatic heterocycles. The van der Waals surface area contributed by atoms with Crippen molar-refractivity contribution in [1.82, 2.24) is 4.57 Å². The normalized spacial score (nSPS) is 16.7. The Morgan fingerprint density at radius 1 is 1.40 bits per heavy atom. The molecule has 0 spiro atoms. The molecule has 0 saturated carbocycles. The van der Waals surface area contributed by atoms with Gasteiger partial charge in [0.2, 0.25) is 5.18 Å². The number of rotatable bonds is 2. The molecule has 56 valence electrons. The zero-order valence-electron chi connectivity index (χ0n) is 5.24. The number of alkyl halides is 1. The van der Waals surface area contributed by atoms with Crippen molar-refractivity contribution in [1.29, 1.82) is 0 Å². The molecule has 0 aliphatic carbocycles. The van der Waals surface area contributed by atoms with Crippen LogP contribution in [0.4, 0.5) is 0 Å². The average Bonchev–Trinajstić information content (AvgIpc) is 2.38. The fourth-order valence-electron chi connectivity index (χ4n) is 0.645. The van der Waals surface area contributed by atoms with Crippen LogP contribution in [0.15, 0.2) is 24.5 Å². The predicted octanol–water partition coefficient (Wildman–Crippen LogP) is 0.322. The van der Waals surface area contributed by atoms with Crippen LogP contribution < -0.4 is 0 Å². The van der Waals surface area contributed by atoms with Gasteiger partial charge in [-0.2, -0.15) is 0 Å². The number of aliphatic hydroxyl groups is 2. The first-order valence-corrected chi connectivity index (χ1v) is 3.20. The maximum Gasteiger partial charge on any atom is 0.244 e. The van der Waals surface area contributed by atoms with Gasteiger partial charge >= 0.3 is 0 Å². The second-order valence-corrected chi connectivity index (χ2v) is 2.57. The third kappa shape index (κ3) is 1.31.